The zero-order valence-corrected chi connectivity index (χ0v) is 14.4. The fourth-order valence-electron chi connectivity index (χ4n) is 2.02. The van der Waals surface area contributed by atoms with Crippen molar-refractivity contribution in [3.8, 4) is 0 Å². The van der Waals surface area contributed by atoms with Crippen molar-refractivity contribution < 1.29 is 4.79 Å². The fraction of sp³-hybridized carbons (Fsp3) is 0.278. The molecule has 2 aromatic carbocycles. The van der Waals surface area contributed by atoms with Crippen LogP contribution in [0, 0.1) is 0 Å². The third-order valence-electron chi connectivity index (χ3n) is 3.17. The third-order valence-corrected chi connectivity index (χ3v) is 4.82. The highest BCUT2D eigenvalue weighted by atomic mass is 32.2. The maximum absolute atomic E-state index is 12.0. The van der Waals surface area contributed by atoms with E-state index in [0.717, 1.165) is 22.8 Å². The lowest BCUT2D eigenvalue weighted by molar-refractivity contribution is 0.0956. The average Bonchev–Trinajstić information content (AvgIpc) is 2.56. The minimum absolute atomic E-state index is 0.0102. The van der Waals surface area contributed by atoms with Crippen LogP contribution in [-0.2, 0) is 11.5 Å². The lowest BCUT2D eigenvalue weighted by Gasteiger charge is -2.06. The Kier molecular flexibility index (Phi) is 7.40. The van der Waals surface area contributed by atoms with Crippen molar-refractivity contribution in [3.63, 3.8) is 0 Å². The maximum Gasteiger partial charge on any atom is 0.251 e. The van der Waals surface area contributed by atoms with Crippen molar-refractivity contribution in [3.05, 3.63) is 71.3 Å². The molecule has 22 heavy (non-hydrogen) atoms. The molecule has 116 valence electrons. The van der Waals surface area contributed by atoms with Crippen molar-refractivity contribution in [2.75, 3.05) is 18.6 Å². The Balaban J connectivity index is 1.67. The zero-order valence-electron chi connectivity index (χ0n) is 12.7. The van der Waals surface area contributed by atoms with Gasteiger partial charge in [0, 0.05) is 29.4 Å². The van der Waals surface area contributed by atoms with Crippen molar-refractivity contribution in [1.29, 1.82) is 0 Å². The first kappa shape index (κ1) is 17.0. The highest BCUT2D eigenvalue weighted by Crippen LogP contribution is 2.12. The predicted molar refractivity (Wildman–Crippen MR) is 98.6 cm³/mol. The van der Waals surface area contributed by atoms with Crippen LogP contribution in [0.4, 0.5) is 0 Å². The summed E-state index contributed by atoms with van der Waals surface area (Å²) in [5.74, 6) is 2.90. The van der Waals surface area contributed by atoms with E-state index in [1.807, 2.05) is 42.1 Å². The van der Waals surface area contributed by atoms with Crippen LogP contribution in [0.25, 0.3) is 0 Å². The number of carbonyl (C=O) groups excluding carboxylic acids is 1. The first-order valence-electron chi connectivity index (χ1n) is 7.27. The van der Waals surface area contributed by atoms with E-state index in [4.69, 9.17) is 0 Å². The SMILES string of the molecule is CSCc1ccc(C(=O)NCCSCc2ccccc2)cc1. The van der Waals surface area contributed by atoms with Gasteiger partial charge in [0.05, 0.1) is 0 Å². The topological polar surface area (TPSA) is 29.1 Å². The van der Waals surface area contributed by atoms with Gasteiger partial charge in [-0.1, -0.05) is 42.5 Å². The minimum Gasteiger partial charge on any atom is -0.351 e. The number of hydrogen-bond donors (Lipinski definition) is 1. The quantitative estimate of drug-likeness (QED) is 0.735. The molecular formula is C18H21NOS2. The van der Waals surface area contributed by atoms with Gasteiger partial charge in [-0.25, -0.2) is 0 Å². The maximum atomic E-state index is 12.0. The van der Waals surface area contributed by atoms with Gasteiger partial charge in [-0.2, -0.15) is 23.5 Å². The molecule has 1 N–H and O–H groups in total. The van der Waals surface area contributed by atoms with Gasteiger partial charge >= 0.3 is 0 Å². The van der Waals surface area contributed by atoms with Crippen LogP contribution in [0.3, 0.4) is 0 Å². The highest BCUT2D eigenvalue weighted by Gasteiger charge is 2.04. The van der Waals surface area contributed by atoms with Gasteiger partial charge in [0.15, 0.2) is 0 Å². The Hall–Kier alpha value is -1.39. The van der Waals surface area contributed by atoms with Crippen LogP contribution >= 0.6 is 23.5 Å². The van der Waals surface area contributed by atoms with Gasteiger partial charge in [0.1, 0.15) is 0 Å². The molecule has 0 saturated carbocycles. The van der Waals surface area contributed by atoms with Gasteiger partial charge in [-0.05, 0) is 29.5 Å². The second kappa shape index (κ2) is 9.59. The molecule has 0 aliphatic carbocycles. The lowest BCUT2D eigenvalue weighted by atomic mass is 10.1. The van der Waals surface area contributed by atoms with E-state index in [9.17, 15) is 4.79 Å². The smallest absolute Gasteiger partial charge is 0.251 e. The third kappa shape index (κ3) is 5.78. The molecule has 0 heterocycles. The first-order chi connectivity index (χ1) is 10.8. The molecule has 0 bridgehead atoms. The summed E-state index contributed by atoms with van der Waals surface area (Å²) in [5.41, 5.74) is 3.31. The highest BCUT2D eigenvalue weighted by molar-refractivity contribution is 7.98. The summed E-state index contributed by atoms with van der Waals surface area (Å²) in [5, 5.41) is 2.97. The van der Waals surface area contributed by atoms with Crippen LogP contribution in [0.5, 0.6) is 0 Å². The van der Waals surface area contributed by atoms with Crippen molar-refractivity contribution in [2.45, 2.75) is 11.5 Å². The average molecular weight is 332 g/mol. The summed E-state index contributed by atoms with van der Waals surface area (Å²) in [6, 6.07) is 18.2. The van der Waals surface area contributed by atoms with Crippen LogP contribution < -0.4 is 5.32 Å². The molecule has 0 atom stereocenters. The van der Waals surface area contributed by atoms with Gasteiger partial charge in [-0.3, -0.25) is 4.79 Å². The standard InChI is InChI=1S/C18H21NOS2/c1-21-13-16-7-9-17(10-8-16)18(20)19-11-12-22-14-15-5-3-2-4-6-15/h2-10H,11-14H2,1H3,(H,19,20). The minimum atomic E-state index is 0.0102. The van der Waals surface area contributed by atoms with E-state index in [1.54, 1.807) is 11.8 Å². The second-order valence-corrected chi connectivity index (χ2v) is 6.90. The summed E-state index contributed by atoms with van der Waals surface area (Å²) in [7, 11) is 0. The summed E-state index contributed by atoms with van der Waals surface area (Å²) < 4.78 is 0. The summed E-state index contributed by atoms with van der Waals surface area (Å²) in [6.07, 6.45) is 2.08. The Bertz CT molecular complexity index is 569. The van der Waals surface area contributed by atoms with Crippen molar-refractivity contribution >= 4 is 29.4 Å². The molecule has 0 unspecified atom stereocenters. The second-order valence-electron chi connectivity index (χ2n) is 4.92. The molecule has 0 radical (unpaired) electrons. The van der Waals surface area contributed by atoms with Crippen LogP contribution in [0.15, 0.2) is 54.6 Å². The van der Waals surface area contributed by atoms with Crippen LogP contribution in [0.2, 0.25) is 0 Å². The number of thioether (sulfide) groups is 2. The Morgan fingerprint density at radius 1 is 0.955 bits per heavy atom. The predicted octanol–water partition coefficient (Wildman–Crippen LogP) is 4.21. The normalized spacial score (nSPS) is 10.4. The largest absolute Gasteiger partial charge is 0.351 e. The molecule has 0 fully saturated rings. The molecule has 2 rings (SSSR count). The molecule has 0 aromatic heterocycles. The van der Waals surface area contributed by atoms with E-state index < -0.39 is 0 Å². The van der Waals surface area contributed by atoms with E-state index in [1.165, 1.54) is 11.1 Å². The van der Waals surface area contributed by atoms with E-state index >= 15 is 0 Å². The number of carbonyl (C=O) groups is 1. The molecule has 0 saturated heterocycles. The Labute approximate surface area is 141 Å². The van der Waals surface area contributed by atoms with Crippen LogP contribution in [-0.4, -0.2) is 24.5 Å². The summed E-state index contributed by atoms with van der Waals surface area (Å²) in [6.45, 7) is 0.697. The van der Waals surface area contributed by atoms with Crippen molar-refractivity contribution in [1.82, 2.24) is 5.32 Å². The fourth-order valence-corrected chi connectivity index (χ4v) is 3.37. The van der Waals surface area contributed by atoms with Gasteiger partial charge in [-0.15, -0.1) is 0 Å². The van der Waals surface area contributed by atoms with Gasteiger partial charge < -0.3 is 5.32 Å². The van der Waals surface area contributed by atoms with Crippen LogP contribution in [0.1, 0.15) is 21.5 Å². The van der Waals surface area contributed by atoms with Crippen molar-refractivity contribution in [2.24, 2.45) is 0 Å². The molecule has 2 nitrogen and oxygen atoms in total. The van der Waals surface area contributed by atoms with Gasteiger partial charge in [0.25, 0.3) is 5.91 Å². The Morgan fingerprint density at radius 3 is 2.32 bits per heavy atom. The first-order valence-corrected chi connectivity index (χ1v) is 9.82. The number of rotatable bonds is 8. The van der Waals surface area contributed by atoms with E-state index in [-0.39, 0.29) is 5.91 Å². The monoisotopic (exact) mass is 331 g/mol. The Morgan fingerprint density at radius 2 is 1.64 bits per heavy atom. The zero-order chi connectivity index (χ0) is 15.6. The molecule has 4 heteroatoms. The number of nitrogens with one attached hydrogen (secondary N) is 1. The van der Waals surface area contributed by atoms with E-state index in [2.05, 4.69) is 35.8 Å². The summed E-state index contributed by atoms with van der Waals surface area (Å²) >= 11 is 3.62. The molecule has 0 spiro atoms. The number of benzene rings is 2. The molecule has 0 aliphatic heterocycles. The molecular weight excluding hydrogens is 310 g/mol. The number of amides is 1. The summed E-state index contributed by atoms with van der Waals surface area (Å²) in [4.78, 5) is 12.0. The number of hydrogen-bond acceptors (Lipinski definition) is 3. The molecule has 1 amide bonds. The van der Waals surface area contributed by atoms with E-state index in [0.29, 0.717) is 6.54 Å². The lowest BCUT2D eigenvalue weighted by Crippen LogP contribution is -2.25. The molecule has 2 aromatic rings. The molecule has 0 aliphatic rings. The van der Waals surface area contributed by atoms with Gasteiger partial charge in [0.2, 0.25) is 0 Å².